The van der Waals surface area contributed by atoms with E-state index in [1.54, 1.807) is 18.4 Å². The molecule has 5 nitrogen and oxygen atoms in total. The van der Waals surface area contributed by atoms with E-state index in [0.717, 1.165) is 23.7 Å². The van der Waals surface area contributed by atoms with Crippen molar-refractivity contribution in [3.8, 4) is 0 Å². The van der Waals surface area contributed by atoms with Gasteiger partial charge in [0.1, 0.15) is 11.0 Å². The van der Waals surface area contributed by atoms with Gasteiger partial charge in [-0.3, -0.25) is 0 Å². The number of imidazole rings is 1. The summed E-state index contributed by atoms with van der Waals surface area (Å²) < 4.78 is 7.16. The summed E-state index contributed by atoms with van der Waals surface area (Å²) in [5.74, 6) is 0. The molecule has 0 aromatic carbocycles. The van der Waals surface area contributed by atoms with E-state index in [-0.39, 0.29) is 6.04 Å². The van der Waals surface area contributed by atoms with Crippen molar-refractivity contribution < 1.29 is 4.74 Å². The lowest BCUT2D eigenvalue weighted by Gasteiger charge is -2.16. The zero-order valence-corrected chi connectivity index (χ0v) is 13.3. The number of thiazole rings is 1. The summed E-state index contributed by atoms with van der Waals surface area (Å²) in [7, 11) is 3.72. The van der Waals surface area contributed by atoms with Crippen molar-refractivity contribution in [3.63, 3.8) is 0 Å². The number of methoxy groups -OCH3 is 1. The highest BCUT2D eigenvalue weighted by Gasteiger charge is 2.21. The molecule has 110 valence electrons. The number of nitrogens with zero attached hydrogens (tertiary/aromatic N) is 3. The first kappa shape index (κ1) is 15.2. The molecule has 0 bridgehead atoms. The summed E-state index contributed by atoms with van der Waals surface area (Å²) in [6.45, 7) is 5.74. The van der Waals surface area contributed by atoms with Crippen molar-refractivity contribution in [2.24, 2.45) is 7.05 Å². The molecule has 1 N–H and O–H groups in total. The Morgan fingerprint density at radius 1 is 1.50 bits per heavy atom. The number of ether oxygens (including phenoxy) is 1. The maximum Gasteiger partial charge on any atom is 0.116 e. The maximum absolute atomic E-state index is 5.12. The second kappa shape index (κ2) is 6.97. The Morgan fingerprint density at radius 3 is 2.85 bits per heavy atom. The van der Waals surface area contributed by atoms with Crippen molar-refractivity contribution in [2.75, 3.05) is 20.3 Å². The lowest BCUT2D eigenvalue weighted by molar-refractivity contribution is 0.197. The fraction of sp³-hybridized carbons (Fsp3) is 0.571. The van der Waals surface area contributed by atoms with E-state index in [1.165, 1.54) is 10.6 Å². The molecule has 0 saturated heterocycles. The molecule has 0 saturated carbocycles. The summed E-state index contributed by atoms with van der Waals surface area (Å²) >= 11 is 1.76. The van der Waals surface area contributed by atoms with Gasteiger partial charge in [-0.1, -0.05) is 6.92 Å². The molecule has 20 heavy (non-hydrogen) atoms. The van der Waals surface area contributed by atoms with Crippen molar-refractivity contribution in [1.29, 1.82) is 0 Å². The van der Waals surface area contributed by atoms with Crippen LogP contribution in [0.15, 0.2) is 12.5 Å². The molecule has 1 unspecified atom stereocenters. The molecule has 0 radical (unpaired) electrons. The Balaban J connectivity index is 2.27. The number of aryl methyl sites for hydroxylation is 3. The molecule has 0 fully saturated rings. The van der Waals surface area contributed by atoms with Crippen LogP contribution < -0.4 is 5.32 Å². The van der Waals surface area contributed by atoms with Crippen LogP contribution in [0.4, 0.5) is 0 Å². The first-order valence-electron chi connectivity index (χ1n) is 6.82. The van der Waals surface area contributed by atoms with E-state index < -0.39 is 0 Å². The SMILES string of the molecule is CCc1nc(C(NCCOC)c2cncn2C)sc1C. The van der Waals surface area contributed by atoms with Crippen molar-refractivity contribution in [2.45, 2.75) is 26.3 Å². The molecule has 2 aromatic rings. The van der Waals surface area contributed by atoms with Gasteiger partial charge in [0.15, 0.2) is 0 Å². The van der Waals surface area contributed by atoms with Crippen LogP contribution in [0.2, 0.25) is 0 Å². The summed E-state index contributed by atoms with van der Waals surface area (Å²) in [5.41, 5.74) is 2.31. The minimum absolute atomic E-state index is 0.0710. The Hall–Kier alpha value is -1.24. The Bertz CT molecular complexity index is 549. The summed E-state index contributed by atoms with van der Waals surface area (Å²) in [5, 5.41) is 4.60. The predicted octanol–water partition coefficient (Wildman–Crippen LogP) is 2.07. The molecule has 0 amide bonds. The normalized spacial score (nSPS) is 12.8. The van der Waals surface area contributed by atoms with Gasteiger partial charge in [0.2, 0.25) is 0 Å². The molecule has 1 atom stereocenters. The van der Waals surface area contributed by atoms with Gasteiger partial charge in [-0.2, -0.15) is 0 Å². The lowest BCUT2D eigenvalue weighted by Crippen LogP contribution is -2.27. The van der Waals surface area contributed by atoms with E-state index in [2.05, 4.69) is 24.1 Å². The minimum Gasteiger partial charge on any atom is -0.383 e. The fourth-order valence-electron chi connectivity index (χ4n) is 2.17. The van der Waals surface area contributed by atoms with E-state index >= 15 is 0 Å². The van der Waals surface area contributed by atoms with Gasteiger partial charge in [-0.05, 0) is 13.3 Å². The number of hydrogen-bond acceptors (Lipinski definition) is 5. The molecule has 2 aromatic heterocycles. The third kappa shape index (κ3) is 3.26. The van der Waals surface area contributed by atoms with Crippen molar-refractivity contribution >= 4 is 11.3 Å². The second-order valence-electron chi connectivity index (χ2n) is 4.72. The van der Waals surface area contributed by atoms with Crippen LogP contribution in [0.3, 0.4) is 0 Å². The highest BCUT2D eigenvalue weighted by molar-refractivity contribution is 7.11. The number of hydrogen-bond donors (Lipinski definition) is 1. The van der Waals surface area contributed by atoms with E-state index in [1.807, 2.05) is 24.1 Å². The van der Waals surface area contributed by atoms with Gasteiger partial charge >= 0.3 is 0 Å². The quantitative estimate of drug-likeness (QED) is 0.794. The fourth-order valence-corrected chi connectivity index (χ4v) is 3.27. The number of rotatable bonds is 7. The molecule has 2 heterocycles. The van der Waals surface area contributed by atoms with Crippen LogP contribution in [0.5, 0.6) is 0 Å². The van der Waals surface area contributed by atoms with Gasteiger partial charge in [0.05, 0.1) is 30.5 Å². The Labute approximate surface area is 124 Å². The molecule has 0 aliphatic carbocycles. The Kier molecular flexibility index (Phi) is 5.28. The molecule has 2 rings (SSSR count). The zero-order valence-electron chi connectivity index (χ0n) is 12.5. The lowest BCUT2D eigenvalue weighted by atomic mass is 10.2. The van der Waals surface area contributed by atoms with Crippen LogP contribution in [-0.4, -0.2) is 34.8 Å². The van der Waals surface area contributed by atoms with Crippen molar-refractivity contribution in [3.05, 3.63) is 33.8 Å². The highest BCUT2D eigenvalue weighted by Crippen LogP contribution is 2.28. The van der Waals surface area contributed by atoms with E-state index in [9.17, 15) is 0 Å². The maximum atomic E-state index is 5.12. The predicted molar refractivity (Wildman–Crippen MR) is 81.2 cm³/mol. The standard InChI is InChI=1S/C14H22N4OS/c1-5-11-10(2)20-14(17-11)13(16-6-7-19-4)12-8-15-9-18(12)3/h8-9,13,16H,5-7H2,1-4H3. The largest absolute Gasteiger partial charge is 0.383 e. The third-order valence-electron chi connectivity index (χ3n) is 3.30. The number of aromatic nitrogens is 3. The third-order valence-corrected chi connectivity index (χ3v) is 4.37. The van der Waals surface area contributed by atoms with Gasteiger partial charge in [-0.15, -0.1) is 11.3 Å². The van der Waals surface area contributed by atoms with Crippen LogP contribution in [-0.2, 0) is 18.2 Å². The van der Waals surface area contributed by atoms with Crippen LogP contribution in [0, 0.1) is 6.92 Å². The van der Waals surface area contributed by atoms with Gasteiger partial charge < -0.3 is 14.6 Å². The average molecular weight is 294 g/mol. The van der Waals surface area contributed by atoms with Gasteiger partial charge in [-0.25, -0.2) is 9.97 Å². The van der Waals surface area contributed by atoms with Gasteiger partial charge in [0, 0.05) is 25.6 Å². The van der Waals surface area contributed by atoms with Crippen LogP contribution >= 0.6 is 11.3 Å². The van der Waals surface area contributed by atoms with E-state index in [0.29, 0.717) is 6.61 Å². The van der Waals surface area contributed by atoms with Crippen LogP contribution in [0.1, 0.15) is 34.2 Å². The smallest absolute Gasteiger partial charge is 0.116 e. The molecular formula is C14H22N4OS. The van der Waals surface area contributed by atoms with Crippen molar-refractivity contribution in [1.82, 2.24) is 19.9 Å². The molecule has 0 aliphatic heterocycles. The first-order valence-corrected chi connectivity index (χ1v) is 7.63. The van der Waals surface area contributed by atoms with E-state index in [4.69, 9.17) is 9.72 Å². The topological polar surface area (TPSA) is 52.0 Å². The van der Waals surface area contributed by atoms with Crippen LogP contribution in [0.25, 0.3) is 0 Å². The Morgan fingerprint density at radius 2 is 2.30 bits per heavy atom. The molecule has 0 aliphatic rings. The second-order valence-corrected chi connectivity index (χ2v) is 5.95. The summed E-state index contributed by atoms with van der Waals surface area (Å²) in [6, 6.07) is 0.0710. The minimum atomic E-state index is 0.0710. The first-order chi connectivity index (χ1) is 9.67. The molecule has 0 spiro atoms. The summed E-state index contributed by atoms with van der Waals surface area (Å²) in [4.78, 5) is 10.3. The molecular weight excluding hydrogens is 272 g/mol. The summed E-state index contributed by atoms with van der Waals surface area (Å²) in [6.07, 6.45) is 4.69. The van der Waals surface area contributed by atoms with Gasteiger partial charge in [0.25, 0.3) is 0 Å². The zero-order chi connectivity index (χ0) is 14.5. The number of nitrogens with one attached hydrogen (secondary N) is 1. The average Bonchev–Trinajstić information content (AvgIpc) is 3.01. The molecule has 6 heteroatoms. The monoisotopic (exact) mass is 294 g/mol. The highest BCUT2D eigenvalue weighted by atomic mass is 32.1.